The molecule has 0 aromatic heterocycles. The number of carbonyl (C=O) groups excluding carboxylic acids is 2. The number of nitrogens with one attached hydrogen (secondary N) is 2. The molecule has 0 bridgehead atoms. The van der Waals surface area contributed by atoms with Crippen molar-refractivity contribution in [1.82, 2.24) is 10.6 Å². The van der Waals surface area contributed by atoms with E-state index < -0.39 is 43.2 Å². The van der Waals surface area contributed by atoms with Gasteiger partial charge in [0.05, 0.1) is 6.61 Å². The molecule has 0 radical (unpaired) electrons. The SMILES string of the molecule is O=C(O)COCCNC(=O)C(CNC(=O)OCC1c2ccccc2-c2ccccc21)C(F)(F)F. The number of carboxylic acid groups (broad SMARTS) is 1. The van der Waals surface area contributed by atoms with Gasteiger partial charge in [-0.05, 0) is 22.3 Å². The molecular formula is C23H23F3N2O6. The predicted octanol–water partition coefficient (Wildman–Crippen LogP) is 2.92. The van der Waals surface area contributed by atoms with E-state index in [1.165, 1.54) is 0 Å². The smallest absolute Gasteiger partial charge is 0.407 e. The molecule has 0 spiro atoms. The van der Waals surface area contributed by atoms with Crippen LogP contribution in [-0.2, 0) is 19.1 Å². The highest BCUT2D eigenvalue weighted by atomic mass is 19.4. The summed E-state index contributed by atoms with van der Waals surface area (Å²) in [4.78, 5) is 34.4. The molecule has 2 amide bonds. The maximum atomic E-state index is 13.3. The van der Waals surface area contributed by atoms with E-state index in [4.69, 9.17) is 9.84 Å². The monoisotopic (exact) mass is 480 g/mol. The van der Waals surface area contributed by atoms with Crippen LogP contribution < -0.4 is 10.6 Å². The number of hydrogen-bond donors (Lipinski definition) is 3. The van der Waals surface area contributed by atoms with E-state index in [1.54, 1.807) is 0 Å². The number of halogens is 3. The second kappa shape index (κ2) is 11.0. The van der Waals surface area contributed by atoms with Gasteiger partial charge in [0.1, 0.15) is 13.2 Å². The zero-order valence-corrected chi connectivity index (χ0v) is 17.9. The number of rotatable bonds is 10. The minimum Gasteiger partial charge on any atom is -0.480 e. The molecule has 34 heavy (non-hydrogen) atoms. The first-order valence-electron chi connectivity index (χ1n) is 10.4. The Morgan fingerprint density at radius 1 is 0.971 bits per heavy atom. The summed E-state index contributed by atoms with van der Waals surface area (Å²) in [6, 6.07) is 15.2. The van der Waals surface area contributed by atoms with Crippen LogP contribution in [0.4, 0.5) is 18.0 Å². The summed E-state index contributed by atoms with van der Waals surface area (Å²) in [6.07, 6.45) is -5.99. The van der Waals surface area contributed by atoms with E-state index in [-0.39, 0.29) is 25.7 Å². The summed E-state index contributed by atoms with van der Waals surface area (Å²) in [5.41, 5.74) is 3.92. The number of hydrogen-bond acceptors (Lipinski definition) is 5. The van der Waals surface area contributed by atoms with E-state index >= 15 is 0 Å². The number of carboxylic acids is 1. The van der Waals surface area contributed by atoms with Crippen molar-refractivity contribution in [2.75, 3.05) is 32.9 Å². The van der Waals surface area contributed by atoms with Gasteiger partial charge >= 0.3 is 18.2 Å². The highest BCUT2D eigenvalue weighted by Gasteiger charge is 2.45. The van der Waals surface area contributed by atoms with Crippen molar-refractivity contribution in [3.8, 4) is 11.1 Å². The lowest BCUT2D eigenvalue weighted by molar-refractivity contribution is -0.181. The van der Waals surface area contributed by atoms with Crippen LogP contribution >= 0.6 is 0 Å². The summed E-state index contributed by atoms with van der Waals surface area (Å²) in [7, 11) is 0. The number of ether oxygens (including phenoxy) is 2. The third-order valence-electron chi connectivity index (χ3n) is 5.28. The van der Waals surface area contributed by atoms with Crippen LogP contribution in [0.15, 0.2) is 48.5 Å². The Morgan fingerprint density at radius 3 is 2.12 bits per heavy atom. The molecule has 1 atom stereocenters. The summed E-state index contributed by atoms with van der Waals surface area (Å²) >= 11 is 0. The van der Waals surface area contributed by atoms with Gasteiger partial charge in [0, 0.05) is 19.0 Å². The van der Waals surface area contributed by atoms with Gasteiger partial charge in [-0.2, -0.15) is 13.2 Å². The van der Waals surface area contributed by atoms with Gasteiger partial charge in [0.25, 0.3) is 0 Å². The number of benzene rings is 2. The Kier molecular flexibility index (Phi) is 8.11. The van der Waals surface area contributed by atoms with Crippen LogP contribution in [0.2, 0.25) is 0 Å². The zero-order chi connectivity index (χ0) is 24.7. The standard InChI is InChI=1S/C23H23F3N2O6/c24-23(25,26)19(21(31)27-9-10-33-13-20(29)30)11-28-22(32)34-12-18-16-7-3-1-5-14(16)15-6-2-4-8-17(15)18/h1-8,18-19H,9-13H2,(H,27,31)(H,28,32)(H,29,30). The van der Waals surface area contributed by atoms with Gasteiger partial charge in [0.15, 0.2) is 5.92 Å². The van der Waals surface area contributed by atoms with Crippen molar-refractivity contribution in [2.24, 2.45) is 5.92 Å². The molecule has 0 heterocycles. The second-order valence-corrected chi connectivity index (χ2v) is 7.54. The van der Waals surface area contributed by atoms with Crippen molar-refractivity contribution in [2.45, 2.75) is 12.1 Å². The number of alkyl carbamates (subject to hydrolysis) is 1. The van der Waals surface area contributed by atoms with Gasteiger partial charge in [-0.25, -0.2) is 9.59 Å². The average Bonchev–Trinajstić information content (AvgIpc) is 3.10. The largest absolute Gasteiger partial charge is 0.480 e. The van der Waals surface area contributed by atoms with E-state index in [0.29, 0.717) is 0 Å². The number of amides is 2. The van der Waals surface area contributed by atoms with Gasteiger partial charge in [-0.15, -0.1) is 0 Å². The Bertz CT molecular complexity index is 998. The molecule has 1 unspecified atom stereocenters. The molecule has 0 fully saturated rings. The first-order chi connectivity index (χ1) is 16.2. The Balaban J connectivity index is 1.52. The summed E-state index contributed by atoms with van der Waals surface area (Å²) in [6.45, 7) is -2.32. The first-order valence-corrected chi connectivity index (χ1v) is 10.4. The molecule has 3 rings (SSSR count). The molecule has 8 nitrogen and oxygen atoms in total. The topological polar surface area (TPSA) is 114 Å². The van der Waals surface area contributed by atoms with E-state index in [0.717, 1.165) is 22.3 Å². The Hall–Kier alpha value is -3.60. The van der Waals surface area contributed by atoms with Gasteiger partial charge in [-0.3, -0.25) is 4.79 Å². The Morgan fingerprint density at radius 2 is 1.56 bits per heavy atom. The molecule has 182 valence electrons. The van der Waals surface area contributed by atoms with Crippen molar-refractivity contribution in [1.29, 1.82) is 0 Å². The summed E-state index contributed by atoms with van der Waals surface area (Å²) in [5, 5.41) is 12.5. The maximum absolute atomic E-state index is 13.3. The number of carbonyl (C=O) groups is 3. The summed E-state index contributed by atoms with van der Waals surface area (Å²) < 4.78 is 49.8. The molecule has 0 aliphatic heterocycles. The fourth-order valence-electron chi connectivity index (χ4n) is 3.72. The minimum atomic E-state index is -4.91. The fourth-order valence-corrected chi connectivity index (χ4v) is 3.72. The van der Waals surface area contributed by atoms with Crippen LogP contribution in [0.3, 0.4) is 0 Å². The van der Waals surface area contributed by atoms with Crippen LogP contribution in [0.25, 0.3) is 11.1 Å². The first kappa shape index (κ1) is 25.0. The molecule has 0 saturated heterocycles. The fraction of sp³-hybridized carbons (Fsp3) is 0.348. The molecular weight excluding hydrogens is 457 g/mol. The molecule has 3 N–H and O–H groups in total. The zero-order valence-electron chi connectivity index (χ0n) is 17.9. The summed E-state index contributed by atoms with van der Waals surface area (Å²) in [5.74, 6) is -5.38. The number of alkyl halides is 3. The molecule has 2 aromatic rings. The predicted molar refractivity (Wildman–Crippen MR) is 114 cm³/mol. The molecule has 11 heteroatoms. The van der Waals surface area contributed by atoms with Gasteiger partial charge < -0.3 is 25.2 Å². The lowest BCUT2D eigenvalue weighted by Crippen LogP contribution is -2.47. The van der Waals surface area contributed by atoms with Crippen molar-refractivity contribution in [3.63, 3.8) is 0 Å². The van der Waals surface area contributed by atoms with E-state index in [2.05, 4.69) is 4.74 Å². The van der Waals surface area contributed by atoms with E-state index in [1.807, 2.05) is 59.2 Å². The van der Waals surface area contributed by atoms with Crippen LogP contribution in [0, 0.1) is 5.92 Å². The molecule has 1 aliphatic rings. The van der Waals surface area contributed by atoms with Crippen molar-refractivity contribution >= 4 is 18.0 Å². The molecule has 0 saturated carbocycles. The van der Waals surface area contributed by atoms with Gasteiger partial charge in [0.2, 0.25) is 5.91 Å². The number of aliphatic carboxylic acids is 1. The lowest BCUT2D eigenvalue weighted by Gasteiger charge is -2.20. The molecule has 1 aliphatic carbocycles. The minimum absolute atomic E-state index is 0.0797. The highest BCUT2D eigenvalue weighted by Crippen LogP contribution is 2.44. The van der Waals surface area contributed by atoms with Crippen LogP contribution in [0.1, 0.15) is 17.0 Å². The van der Waals surface area contributed by atoms with Crippen LogP contribution in [0.5, 0.6) is 0 Å². The van der Waals surface area contributed by atoms with Crippen LogP contribution in [-0.4, -0.2) is 62.2 Å². The van der Waals surface area contributed by atoms with Gasteiger partial charge in [-0.1, -0.05) is 48.5 Å². The number of fused-ring (bicyclic) bond motifs is 3. The normalized spacial score (nSPS) is 13.5. The average molecular weight is 480 g/mol. The maximum Gasteiger partial charge on any atom is 0.407 e. The quantitative estimate of drug-likeness (QED) is 0.451. The molecule has 2 aromatic carbocycles. The van der Waals surface area contributed by atoms with Crippen molar-refractivity contribution in [3.05, 3.63) is 59.7 Å². The third-order valence-corrected chi connectivity index (χ3v) is 5.28. The second-order valence-electron chi connectivity index (χ2n) is 7.54. The Labute approximate surface area is 193 Å². The van der Waals surface area contributed by atoms with Crippen molar-refractivity contribution < 1.29 is 42.1 Å². The third kappa shape index (κ3) is 6.25. The van der Waals surface area contributed by atoms with E-state index in [9.17, 15) is 27.6 Å². The highest BCUT2D eigenvalue weighted by molar-refractivity contribution is 5.81. The lowest BCUT2D eigenvalue weighted by atomic mass is 9.98.